The van der Waals surface area contributed by atoms with Crippen molar-refractivity contribution in [2.45, 2.75) is 32.7 Å². The summed E-state index contributed by atoms with van der Waals surface area (Å²) in [5.41, 5.74) is 3.89. The van der Waals surface area contributed by atoms with Gasteiger partial charge in [-0.3, -0.25) is 4.68 Å². The second kappa shape index (κ2) is 4.86. The number of thiazole rings is 1. The normalized spacial score (nSPS) is 13.2. The van der Waals surface area contributed by atoms with E-state index in [9.17, 15) is 0 Å². The van der Waals surface area contributed by atoms with Gasteiger partial charge in [0.2, 0.25) is 0 Å². The van der Waals surface area contributed by atoms with Crippen molar-refractivity contribution in [3.05, 3.63) is 27.6 Å². The quantitative estimate of drug-likeness (QED) is 0.698. The highest BCUT2D eigenvalue weighted by Crippen LogP contribution is 2.27. The summed E-state index contributed by atoms with van der Waals surface area (Å²) in [6.45, 7) is 6.59. The van der Waals surface area contributed by atoms with Crippen LogP contribution in [0.3, 0.4) is 0 Å². The summed E-state index contributed by atoms with van der Waals surface area (Å²) in [6.07, 6.45) is 0. The molecule has 0 aliphatic heterocycles. The average molecular weight is 310 g/mol. The fraction of sp³-hybridized carbons (Fsp3) is 0.462. The molecule has 3 rings (SSSR count). The van der Waals surface area contributed by atoms with Gasteiger partial charge in [-0.1, -0.05) is 0 Å². The summed E-state index contributed by atoms with van der Waals surface area (Å²) in [7, 11) is 1.93. The van der Waals surface area contributed by atoms with Crippen LogP contribution in [0.4, 0.5) is 0 Å². The Morgan fingerprint density at radius 2 is 2.10 bits per heavy atom. The van der Waals surface area contributed by atoms with E-state index >= 15 is 0 Å². The molecule has 0 spiro atoms. The first-order valence-electron chi connectivity index (χ1n) is 6.42. The number of aryl methyl sites for hydroxylation is 3. The van der Waals surface area contributed by atoms with Crippen molar-refractivity contribution < 1.29 is 0 Å². The smallest absolute Gasteiger partial charge is 0.159 e. The number of alkyl halides is 1. The lowest BCUT2D eigenvalue weighted by Gasteiger charge is -2.09. The second-order valence-corrected chi connectivity index (χ2v) is 6.53. The second-order valence-electron chi connectivity index (χ2n) is 4.94. The maximum atomic E-state index is 6.28. The molecule has 0 N–H and O–H groups in total. The van der Waals surface area contributed by atoms with Crippen molar-refractivity contribution in [2.75, 3.05) is 0 Å². The summed E-state index contributed by atoms with van der Waals surface area (Å²) in [6, 6.07) is 0. The van der Waals surface area contributed by atoms with Gasteiger partial charge in [0.1, 0.15) is 16.3 Å². The Morgan fingerprint density at radius 3 is 2.70 bits per heavy atom. The van der Waals surface area contributed by atoms with E-state index in [0.717, 1.165) is 33.4 Å². The Morgan fingerprint density at radius 1 is 1.35 bits per heavy atom. The lowest BCUT2D eigenvalue weighted by atomic mass is 10.4. The van der Waals surface area contributed by atoms with Crippen LogP contribution in [0, 0.1) is 13.8 Å². The molecule has 0 aliphatic carbocycles. The predicted molar refractivity (Wildman–Crippen MR) is 81.5 cm³/mol. The largest absolute Gasteiger partial charge is 0.305 e. The zero-order valence-electron chi connectivity index (χ0n) is 11.9. The molecule has 5 nitrogen and oxygen atoms in total. The molecule has 1 unspecified atom stereocenters. The summed E-state index contributed by atoms with van der Waals surface area (Å²) in [4.78, 5) is 9.19. The molecular formula is C13H16ClN5S. The number of nitrogens with zero attached hydrogens (tertiary/aromatic N) is 5. The minimum Gasteiger partial charge on any atom is -0.305 e. The Labute approximate surface area is 126 Å². The van der Waals surface area contributed by atoms with Crippen molar-refractivity contribution in [1.82, 2.24) is 24.3 Å². The molecule has 3 heterocycles. The van der Waals surface area contributed by atoms with Gasteiger partial charge in [0.15, 0.2) is 5.65 Å². The van der Waals surface area contributed by atoms with E-state index in [1.807, 2.05) is 32.5 Å². The van der Waals surface area contributed by atoms with E-state index in [0.29, 0.717) is 6.54 Å². The molecule has 0 fully saturated rings. The molecule has 0 aromatic carbocycles. The first kappa shape index (κ1) is 13.6. The lowest BCUT2D eigenvalue weighted by molar-refractivity contribution is 0.684. The van der Waals surface area contributed by atoms with Crippen LogP contribution < -0.4 is 0 Å². The highest BCUT2D eigenvalue weighted by molar-refractivity contribution is 7.09. The highest BCUT2D eigenvalue weighted by Gasteiger charge is 2.20. The fourth-order valence-electron chi connectivity index (χ4n) is 2.42. The van der Waals surface area contributed by atoms with Crippen molar-refractivity contribution in [2.24, 2.45) is 7.05 Å². The zero-order valence-corrected chi connectivity index (χ0v) is 13.5. The Balaban J connectivity index is 2.18. The van der Waals surface area contributed by atoms with Gasteiger partial charge in [-0.2, -0.15) is 5.10 Å². The molecule has 0 bridgehead atoms. The van der Waals surface area contributed by atoms with E-state index in [2.05, 4.69) is 25.0 Å². The Bertz CT molecular complexity index is 767. The monoisotopic (exact) mass is 309 g/mol. The van der Waals surface area contributed by atoms with Crippen LogP contribution in [0.2, 0.25) is 0 Å². The zero-order chi connectivity index (χ0) is 14.4. The van der Waals surface area contributed by atoms with Crippen LogP contribution >= 0.6 is 22.9 Å². The number of halogens is 1. The standard InChI is InChI=1S/C13H16ClN5S/c1-7-6-20-10(15-7)5-19-12(8(2)14)16-11-9(3)17-18(4)13(11)19/h6,8H,5H2,1-4H3. The SMILES string of the molecule is Cc1csc(Cn2c(C(C)Cl)nc3c(C)nn(C)c32)n1. The van der Waals surface area contributed by atoms with E-state index in [-0.39, 0.29) is 5.38 Å². The van der Waals surface area contributed by atoms with Crippen LogP contribution in [0.15, 0.2) is 5.38 Å². The summed E-state index contributed by atoms with van der Waals surface area (Å²) in [5, 5.41) is 7.39. The molecule has 0 saturated heterocycles. The predicted octanol–water partition coefficient (Wildman–Crippen LogP) is 3.19. The molecule has 0 aliphatic rings. The summed E-state index contributed by atoms with van der Waals surface area (Å²) < 4.78 is 3.98. The van der Waals surface area contributed by atoms with E-state index < -0.39 is 0 Å². The maximum Gasteiger partial charge on any atom is 0.159 e. The maximum absolute atomic E-state index is 6.28. The third-order valence-electron chi connectivity index (χ3n) is 3.24. The van der Waals surface area contributed by atoms with Crippen LogP contribution in [-0.4, -0.2) is 24.3 Å². The van der Waals surface area contributed by atoms with Gasteiger partial charge in [-0.05, 0) is 20.8 Å². The number of rotatable bonds is 3. The number of hydrogen-bond acceptors (Lipinski definition) is 4. The highest BCUT2D eigenvalue weighted by atomic mass is 35.5. The molecular weight excluding hydrogens is 294 g/mol. The molecule has 0 amide bonds. The van der Waals surface area contributed by atoms with Crippen LogP contribution in [0.5, 0.6) is 0 Å². The molecule has 3 aromatic heterocycles. The third-order valence-corrected chi connectivity index (χ3v) is 4.38. The number of aromatic nitrogens is 5. The molecule has 106 valence electrons. The van der Waals surface area contributed by atoms with Crippen molar-refractivity contribution in [3.63, 3.8) is 0 Å². The molecule has 0 saturated carbocycles. The van der Waals surface area contributed by atoms with E-state index in [1.54, 1.807) is 11.3 Å². The Kier molecular flexibility index (Phi) is 3.30. The average Bonchev–Trinajstić information content (AvgIpc) is 3.00. The minimum atomic E-state index is -0.150. The molecule has 0 radical (unpaired) electrons. The molecule has 1 atom stereocenters. The molecule has 3 aromatic rings. The van der Waals surface area contributed by atoms with Gasteiger partial charge in [0.25, 0.3) is 0 Å². The van der Waals surface area contributed by atoms with Crippen LogP contribution in [-0.2, 0) is 13.6 Å². The van der Waals surface area contributed by atoms with E-state index in [4.69, 9.17) is 11.6 Å². The number of imidazole rings is 1. The lowest BCUT2D eigenvalue weighted by Crippen LogP contribution is -2.09. The first-order chi connectivity index (χ1) is 9.47. The van der Waals surface area contributed by atoms with E-state index in [1.165, 1.54) is 0 Å². The topological polar surface area (TPSA) is 48.5 Å². The Hall–Kier alpha value is -1.40. The van der Waals surface area contributed by atoms with Crippen molar-refractivity contribution >= 4 is 34.1 Å². The van der Waals surface area contributed by atoms with Crippen LogP contribution in [0.1, 0.15) is 34.5 Å². The van der Waals surface area contributed by atoms with Crippen molar-refractivity contribution in [3.8, 4) is 0 Å². The fourth-order valence-corrected chi connectivity index (χ4v) is 3.35. The van der Waals surface area contributed by atoms with Gasteiger partial charge in [-0.25, -0.2) is 9.97 Å². The van der Waals surface area contributed by atoms with Gasteiger partial charge in [-0.15, -0.1) is 22.9 Å². The van der Waals surface area contributed by atoms with Gasteiger partial charge in [0, 0.05) is 18.1 Å². The van der Waals surface area contributed by atoms with Crippen molar-refractivity contribution in [1.29, 1.82) is 0 Å². The number of hydrogen-bond donors (Lipinski definition) is 0. The van der Waals surface area contributed by atoms with Gasteiger partial charge >= 0.3 is 0 Å². The van der Waals surface area contributed by atoms with Crippen LogP contribution in [0.25, 0.3) is 11.2 Å². The van der Waals surface area contributed by atoms with Gasteiger partial charge < -0.3 is 4.57 Å². The number of fused-ring (bicyclic) bond motifs is 1. The summed E-state index contributed by atoms with van der Waals surface area (Å²) in [5.74, 6) is 0.866. The molecule has 20 heavy (non-hydrogen) atoms. The summed E-state index contributed by atoms with van der Waals surface area (Å²) >= 11 is 7.94. The molecule has 7 heteroatoms. The van der Waals surface area contributed by atoms with Gasteiger partial charge in [0.05, 0.1) is 17.6 Å². The first-order valence-corrected chi connectivity index (χ1v) is 7.73. The minimum absolute atomic E-state index is 0.150. The third kappa shape index (κ3) is 2.13.